The molecule has 0 unspecified atom stereocenters. The molecule has 0 spiro atoms. The summed E-state index contributed by atoms with van der Waals surface area (Å²) in [6.07, 6.45) is -0.363. The molecule has 0 radical (unpaired) electrons. The van der Waals surface area contributed by atoms with E-state index in [4.69, 9.17) is 14.6 Å². The van der Waals surface area contributed by atoms with Gasteiger partial charge in [0, 0.05) is 0 Å². The molecule has 5 nitrogen and oxygen atoms in total. The highest BCUT2D eigenvalue weighted by Gasteiger charge is 2.22. The average molecular weight is 195 g/mol. The van der Waals surface area contributed by atoms with Crippen LogP contribution in [-0.4, -0.2) is 39.6 Å². The summed E-state index contributed by atoms with van der Waals surface area (Å²) in [7, 11) is -3.45. The van der Waals surface area contributed by atoms with E-state index < -0.39 is 16.1 Å². The van der Waals surface area contributed by atoms with Crippen molar-refractivity contribution in [2.45, 2.75) is 19.1 Å². The first-order valence-electron chi connectivity index (χ1n) is 3.71. The highest BCUT2D eigenvalue weighted by molar-refractivity contribution is 7.89. The molecule has 0 aromatic rings. The Bertz CT molecular complexity index is 230. The monoisotopic (exact) mass is 195 g/mol. The summed E-state index contributed by atoms with van der Waals surface area (Å²) in [6, 6.07) is 0. The van der Waals surface area contributed by atoms with Crippen LogP contribution in [0.2, 0.25) is 0 Å². The van der Waals surface area contributed by atoms with Gasteiger partial charge in [-0.15, -0.1) is 0 Å². The lowest BCUT2D eigenvalue weighted by atomic mass is 10.3. The van der Waals surface area contributed by atoms with Gasteiger partial charge in [0.1, 0.15) is 0 Å². The molecule has 2 atom stereocenters. The number of primary sulfonamides is 1. The van der Waals surface area contributed by atoms with Crippen molar-refractivity contribution >= 4 is 10.0 Å². The highest BCUT2D eigenvalue weighted by Crippen LogP contribution is 2.07. The van der Waals surface area contributed by atoms with Crippen molar-refractivity contribution in [3.8, 4) is 0 Å². The third-order valence-electron chi connectivity index (χ3n) is 1.55. The highest BCUT2D eigenvalue weighted by atomic mass is 32.2. The van der Waals surface area contributed by atoms with Crippen molar-refractivity contribution in [2.75, 3.05) is 19.0 Å². The summed E-state index contributed by atoms with van der Waals surface area (Å²) in [5.41, 5.74) is 0. The van der Waals surface area contributed by atoms with Gasteiger partial charge in [-0.3, -0.25) is 0 Å². The Balaban J connectivity index is 2.36. The standard InChI is InChI=1S/C6H13NO4S/c1-5-2-11-6(3-10-5)4-12(7,8)9/h5-6H,2-4H2,1H3,(H2,7,8,9)/t5-,6-/m0/s1. The molecular weight excluding hydrogens is 182 g/mol. The molecule has 1 aliphatic rings. The first kappa shape index (κ1) is 9.91. The van der Waals surface area contributed by atoms with Crippen LogP contribution in [0.15, 0.2) is 0 Å². The molecule has 12 heavy (non-hydrogen) atoms. The second-order valence-corrected chi connectivity index (χ2v) is 4.59. The Labute approximate surface area is 71.9 Å². The van der Waals surface area contributed by atoms with Crippen LogP contribution >= 0.6 is 0 Å². The third-order valence-corrected chi connectivity index (χ3v) is 2.39. The van der Waals surface area contributed by atoms with Crippen LogP contribution in [0.1, 0.15) is 6.92 Å². The Kier molecular flexibility index (Phi) is 3.05. The molecule has 2 N–H and O–H groups in total. The molecule has 72 valence electrons. The zero-order chi connectivity index (χ0) is 9.19. The lowest BCUT2D eigenvalue weighted by molar-refractivity contribution is -0.118. The summed E-state index contributed by atoms with van der Waals surface area (Å²) in [5.74, 6) is -0.167. The minimum Gasteiger partial charge on any atom is -0.373 e. The first-order valence-corrected chi connectivity index (χ1v) is 5.42. The fourth-order valence-electron chi connectivity index (χ4n) is 0.995. The Hall–Kier alpha value is -0.170. The van der Waals surface area contributed by atoms with Crippen molar-refractivity contribution in [3.63, 3.8) is 0 Å². The van der Waals surface area contributed by atoms with Crippen molar-refractivity contribution in [1.29, 1.82) is 0 Å². The van der Waals surface area contributed by atoms with E-state index in [1.807, 2.05) is 6.92 Å². The molecule has 1 rings (SSSR count). The quantitative estimate of drug-likeness (QED) is 0.618. The van der Waals surface area contributed by atoms with E-state index in [-0.39, 0.29) is 11.9 Å². The van der Waals surface area contributed by atoms with Crippen molar-refractivity contribution in [1.82, 2.24) is 0 Å². The molecule has 0 aliphatic carbocycles. The largest absolute Gasteiger partial charge is 0.373 e. The molecule has 0 aromatic heterocycles. The topological polar surface area (TPSA) is 78.6 Å². The summed E-state index contributed by atoms with van der Waals surface area (Å²) in [6.45, 7) is 2.60. The summed E-state index contributed by atoms with van der Waals surface area (Å²) >= 11 is 0. The minimum absolute atomic E-state index is 0.0433. The Morgan fingerprint density at radius 2 is 2.08 bits per heavy atom. The van der Waals surface area contributed by atoms with Crippen molar-refractivity contribution in [2.24, 2.45) is 5.14 Å². The third kappa shape index (κ3) is 3.48. The first-order chi connectivity index (χ1) is 5.47. The van der Waals surface area contributed by atoms with Gasteiger partial charge in [-0.1, -0.05) is 0 Å². The molecule has 0 aromatic carbocycles. The molecule has 1 saturated heterocycles. The average Bonchev–Trinajstić information content (AvgIpc) is 1.91. The maximum Gasteiger partial charge on any atom is 0.211 e. The number of nitrogens with two attached hydrogens (primary N) is 1. The summed E-state index contributed by atoms with van der Waals surface area (Å²) in [5, 5.41) is 4.84. The summed E-state index contributed by atoms with van der Waals surface area (Å²) < 4.78 is 31.6. The van der Waals surface area contributed by atoms with Gasteiger partial charge in [0.05, 0.1) is 31.2 Å². The van der Waals surface area contributed by atoms with Gasteiger partial charge in [-0.2, -0.15) is 0 Å². The van der Waals surface area contributed by atoms with E-state index in [1.165, 1.54) is 0 Å². The van der Waals surface area contributed by atoms with Crippen LogP contribution in [0.3, 0.4) is 0 Å². The van der Waals surface area contributed by atoms with Crippen LogP contribution in [0.25, 0.3) is 0 Å². The number of sulfonamides is 1. The molecule has 1 fully saturated rings. The lowest BCUT2D eigenvalue weighted by Crippen LogP contribution is -2.39. The smallest absolute Gasteiger partial charge is 0.211 e. The van der Waals surface area contributed by atoms with Crippen molar-refractivity contribution in [3.05, 3.63) is 0 Å². The van der Waals surface area contributed by atoms with E-state index in [0.717, 1.165) is 0 Å². The van der Waals surface area contributed by atoms with Crippen LogP contribution in [-0.2, 0) is 19.5 Å². The SMILES string of the molecule is C[C@H]1CO[C@H](CS(N)(=O)=O)CO1. The zero-order valence-electron chi connectivity index (χ0n) is 6.89. The van der Waals surface area contributed by atoms with Crippen LogP contribution in [0, 0.1) is 0 Å². The molecule has 1 heterocycles. The molecule has 0 bridgehead atoms. The van der Waals surface area contributed by atoms with Gasteiger partial charge in [0.25, 0.3) is 0 Å². The number of hydrogen-bond acceptors (Lipinski definition) is 4. The maximum atomic E-state index is 10.6. The fourth-order valence-corrected chi connectivity index (χ4v) is 1.71. The van der Waals surface area contributed by atoms with Gasteiger partial charge in [0.2, 0.25) is 10.0 Å². The van der Waals surface area contributed by atoms with Crippen molar-refractivity contribution < 1.29 is 17.9 Å². The Morgan fingerprint density at radius 3 is 2.50 bits per heavy atom. The lowest BCUT2D eigenvalue weighted by Gasteiger charge is -2.26. The normalized spacial score (nSPS) is 31.8. The molecule has 1 aliphatic heterocycles. The van der Waals surface area contributed by atoms with Crippen LogP contribution < -0.4 is 5.14 Å². The van der Waals surface area contributed by atoms with Crippen LogP contribution in [0.4, 0.5) is 0 Å². The van der Waals surface area contributed by atoms with E-state index in [9.17, 15) is 8.42 Å². The minimum atomic E-state index is -3.45. The van der Waals surface area contributed by atoms with E-state index >= 15 is 0 Å². The van der Waals surface area contributed by atoms with Gasteiger partial charge in [0.15, 0.2) is 0 Å². The fraction of sp³-hybridized carbons (Fsp3) is 1.00. The van der Waals surface area contributed by atoms with Gasteiger partial charge in [-0.25, -0.2) is 13.6 Å². The molecule has 6 heteroatoms. The molecule has 0 saturated carbocycles. The number of ether oxygens (including phenoxy) is 2. The second-order valence-electron chi connectivity index (χ2n) is 2.93. The predicted molar refractivity (Wildman–Crippen MR) is 43.1 cm³/mol. The molecular formula is C6H13NO4S. The van der Waals surface area contributed by atoms with Gasteiger partial charge < -0.3 is 9.47 Å². The van der Waals surface area contributed by atoms with Gasteiger partial charge >= 0.3 is 0 Å². The van der Waals surface area contributed by atoms with Crippen LogP contribution in [0.5, 0.6) is 0 Å². The number of rotatable bonds is 2. The van der Waals surface area contributed by atoms with E-state index in [0.29, 0.717) is 13.2 Å². The zero-order valence-corrected chi connectivity index (χ0v) is 7.71. The molecule has 0 amide bonds. The van der Waals surface area contributed by atoms with Gasteiger partial charge in [-0.05, 0) is 6.92 Å². The second kappa shape index (κ2) is 3.69. The number of hydrogen-bond donors (Lipinski definition) is 1. The summed E-state index contributed by atoms with van der Waals surface area (Å²) in [4.78, 5) is 0. The maximum absolute atomic E-state index is 10.6. The van der Waals surface area contributed by atoms with E-state index in [2.05, 4.69) is 0 Å². The predicted octanol–water partition coefficient (Wildman–Crippen LogP) is -0.921. The Morgan fingerprint density at radius 1 is 1.42 bits per heavy atom. The van der Waals surface area contributed by atoms with E-state index in [1.54, 1.807) is 0 Å².